The molecule has 11 heteroatoms. The van der Waals surface area contributed by atoms with Gasteiger partial charge in [-0.3, -0.25) is 14.6 Å². The van der Waals surface area contributed by atoms with Crippen LogP contribution in [0.3, 0.4) is 0 Å². The van der Waals surface area contributed by atoms with E-state index in [0.717, 1.165) is 0 Å². The molecule has 3 heterocycles. The molecule has 0 aromatic carbocycles. The van der Waals surface area contributed by atoms with Crippen LogP contribution in [-0.4, -0.2) is 36.4 Å². The minimum absolute atomic E-state index is 0.0158. The number of nitrogens with two attached hydrogens (primary N) is 1. The Morgan fingerprint density at radius 1 is 1.21 bits per heavy atom. The standard InChI is InChI=1S/C17H17ClN6O4/c1-8-14(28-10(3)26)12(6-27-9(2)25)11(4-20-8)5-24-7-21-13-15(18)22-17(19)23-16(13)24/h4,7H,5-6H2,1-3H3,(H2,19,22,23). The summed E-state index contributed by atoms with van der Waals surface area (Å²) in [6, 6.07) is 0. The molecule has 0 radical (unpaired) electrons. The molecular weight excluding hydrogens is 388 g/mol. The number of pyridine rings is 1. The van der Waals surface area contributed by atoms with E-state index in [2.05, 4.69) is 19.9 Å². The Bertz CT molecular complexity index is 1080. The van der Waals surface area contributed by atoms with Crippen molar-refractivity contribution in [3.63, 3.8) is 0 Å². The van der Waals surface area contributed by atoms with Crippen LogP contribution in [0.25, 0.3) is 11.2 Å². The predicted molar refractivity (Wildman–Crippen MR) is 99.6 cm³/mol. The van der Waals surface area contributed by atoms with Gasteiger partial charge in [0, 0.05) is 31.2 Å². The van der Waals surface area contributed by atoms with Gasteiger partial charge in [-0.2, -0.15) is 9.97 Å². The Balaban J connectivity index is 2.08. The molecule has 0 saturated carbocycles. The number of nitrogen functional groups attached to an aromatic ring is 1. The van der Waals surface area contributed by atoms with Gasteiger partial charge in [0.25, 0.3) is 0 Å². The highest BCUT2D eigenvalue weighted by atomic mass is 35.5. The molecular formula is C17H17ClN6O4. The molecule has 0 aliphatic rings. The number of imidazole rings is 1. The highest BCUT2D eigenvalue weighted by Gasteiger charge is 2.19. The molecule has 0 amide bonds. The van der Waals surface area contributed by atoms with Gasteiger partial charge in [-0.1, -0.05) is 11.6 Å². The maximum absolute atomic E-state index is 11.5. The normalized spacial score (nSPS) is 10.9. The highest BCUT2D eigenvalue weighted by Crippen LogP contribution is 2.28. The first kappa shape index (κ1) is 19.5. The van der Waals surface area contributed by atoms with Crippen molar-refractivity contribution in [2.24, 2.45) is 0 Å². The number of fused-ring (bicyclic) bond motifs is 1. The Morgan fingerprint density at radius 2 is 1.96 bits per heavy atom. The third-order valence-corrected chi connectivity index (χ3v) is 4.11. The number of esters is 2. The number of aromatic nitrogens is 5. The summed E-state index contributed by atoms with van der Waals surface area (Å²) in [5.74, 6) is -0.703. The van der Waals surface area contributed by atoms with E-state index in [1.165, 1.54) is 20.2 Å². The fraction of sp³-hybridized carbons (Fsp3) is 0.294. The van der Waals surface area contributed by atoms with Crippen LogP contribution < -0.4 is 10.5 Å². The number of hydrogen-bond acceptors (Lipinski definition) is 9. The first-order valence-corrected chi connectivity index (χ1v) is 8.57. The van der Waals surface area contributed by atoms with Crippen molar-refractivity contribution < 1.29 is 19.1 Å². The van der Waals surface area contributed by atoms with E-state index in [1.54, 1.807) is 17.7 Å². The number of nitrogens with zero attached hydrogens (tertiary/aromatic N) is 5. The molecule has 0 unspecified atom stereocenters. The summed E-state index contributed by atoms with van der Waals surface area (Å²) in [7, 11) is 0. The van der Waals surface area contributed by atoms with Gasteiger partial charge in [0.1, 0.15) is 12.1 Å². The summed E-state index contributed by atoms with van der Waals surface area (Å²) < 4.78 is 12.1. The third kappa shape index (κ3) is 4.01. The molecule has 0 bridgehead atoms. The molecule has 3 aromatic heterocycles. The number of anilines is 1. The maximum Gasteiger partial charge on any atom is 0.308 e. The van der Waals surface area contributed by atoms with Crippen molar-refractivity contribution in [1.29, 1.82) is 0 Å². The number of hydrogen-bond donors (Lipinski definition) is 1. The summed E-state index contributed by atoms with van der Waals surface area (Å²) >= 11 is 6.06. The lowest BCUT2D eigenvalue weighted by Crippen LogP contribution is -2.13. The summed E-state index contributed by atoms with van der Waals surface area (Å²) in [5, 5.41) is 0.143. The second-order valence-electron chi connectivity index (χ2n) is 5.97. The highest BCUT2D eigenvalue weighted by molar-refractivity contribution is 6.33. The fourth-order valence-corrected chi connectivity index (χ4v) is 2.87. The van der Waals surface area contributed by atoms with E-state index in [4.69, 9.17) is 26.8 Å². The molecule has 2 N–H and O–H groups in total. The number of carbonyl (C=O) groups excluding carboxylic acids is 2. The molecule has 0 aliphatic heterocycles. The van der Waals surface area contributed by atoms with Crippen molar-refractivity contribution >= 4 is 40.7 Å². The van der Waals surface area contributed by atoms with Crippen LogP contribution in [0.1, 0.15) is 30.7 Å². The van der Waals surface area contributed by atoms with Crippen molar-refractivity contribution in [3.05, 3.63) is 34.5 Å². The lowest BCUT2D eigenvalue weighted by Gasteiger charge is -2.16. The van der Waals surface area contributed by atoms with Gasteiger partial charge in [0.05, 0.1) is 18.6 Å². The molecule has 0 aliphatic carbocycles. The van der Waals surface area contributed by atoms with Crippen molar-refractivity contribution in [3.8, 4) is 5.75 Å². The van der Waals surface area contributed by atoms with Crippen LogP contribution in [0.2, 0.25) is 5.15 Å². The third-order valence-electron chi connectivity index (χ3n) is 3.85. The quantitative estimate of drug-likeness (QED) is 0.498. The monoisotopic (exact) mass is 404 g/mol. The minimum Gasteiger partial charge on any atom is -0.461 e. The number of carbonyl (C=O) groups is 2. The summed E-state index contributed by atoms with van der Waals surface area (Å²) in [6.07, 6.45) is 3.14. The van der Waals surface area contributed by atoms with Gasteiger partial charge in [-0.25, -0.2) is 4.98 Å². The number of aryl methyl sites for hydroxylation is 1. The van der Waals surface area contributed by atoms with Crippen molar-refractivity contribution in [1.82, 2.24) is 24.5 Å². The maximum atomic E-state index is 11.5. The average Bonchev–Trinajstić information content (AvgIpc) is 2.99. The topological polar surface area (TPSA) is 135 Å². The Morgan fingerprint density at radius 3 is 2.64 bits per heavy atom. The van der Waals surface area contributed by atoms with E-state index in [1.807, 2.05) is 0 Å². The molecule has 0 saturated heterocycles. The van der Waals surface area contributed by atoms with E-state index < -0.39 is 11.9 Å². The van der Waals surface area contributed by atoms with Crippen LogP contribution in [-0.2, 0) is 27.5 Å². The number of ether oxygens (including phenoxy) is 2. The molecule has 3 rings (SSSR count). The lowest BCUT2D eigenvalue weighted by molar-refractivity contribution is -0.142. The van der Waals surface area contributed by atoms with Gasteiger partial charge in [-0.15, -0.1) is 0 Å². The number of rotatable bonds is 5. The largest absolute Gasteiger partial charge is 0.461 e. The van der Waals surface area contributed by atoms with Crippen LogP contribution >= 0.6 is 11.6 Å². The van der Waals surface area contributed by atoms with Gasteiger partial charge in [0.2, 0.25) is 5.95 Å². The molecule has 0 spiro atoms. The summed E-state index contributed by atoms with van der Waals surface area (Å²) in [4.78, 5) is 39.4. The first-order chi connectivity index (χ1) is 13.3. The second kappa shape index (κ2) is 7.77. The Hall–Kier alpha value is -3.27. The van der Waals surface area contributed by atoms with E-state index >= 15 is 0 Å². The number of halogens is 1. The van der Waals surface area contributed by atoms with Crippen LogP contribution in [0.15, 0.2) is 12.5 Å². The van der Waals surface area contributed by atoms with Crippen LogP contribution in [0.4, 0.5) is 5.95 Å². The zero-order chi connectivity index (χ0) is 20.4. The fourth-order valence-electron chi connectivity index (χ4n) is 2.65. The van der Waals surface area contributed by atoms with Crippen molar-refractivity contribution in [2.45, 2.75) is 33.9 Å². The molecule has 3 aromatic rings. The molecule has 146 valence electrons. The summed E-state index contributed by atoms with van der Waals surface area (Å²) in [5.41, 5.74) is 8.18. The van der Waals surface area contributed by atoms with E-state index in [9.17, 15) is 9.59 Å². The Kier molecular flexibility index (Phi) is 5.41. The van der Waals surface area contributed by atoms with Gasteiger partial charge < -0.3 is 19.8 Å². The van der Waals surface area contributed by atoms with Crippen LogP contribution in [0.5, 0.6) is 5.75 Å². The Labute approximate surface area is 164 Å². The first-order valence-electron chi connectivity index (χ1n) is 8.19. The molecule has 0 atom stereocenters. The van der Waals surface area contributed by atoms with Crippen molar-refractivity contribution in [2.75, 3.05) is 5.73 Å². The van der Waals surface area contributed by atoms with Crippen LogP contribution in [0, 0.1) is 6.92 Å². The zero-order valence-electron chi connectivity index (χ0n) is 15.4. The van der Waals surface area contributed by atoms with E-state index in [0.29, 0.717) is 28.0 Å². The van der Waals surface area contributed by atoms with Gasteiger partial charge >= 0.3 is 11.9 Å². The molecule has 0 fully saturated rings. The second-order valence-corrected chi connectivity index (χ2v) is 6.33. The molecule has 10 nitrogen and oxygen atoms in total. The minimum atomic E-state index is -0.508. The van der Waals surface area contributed by atoms with Gasteiger partial charge in [-0.05, 0) is 6.92 Å². The zero-order valence-corrected chi connectivity index (χ0v) is 16.1. The van der Waals surface area contributed by atoms with Gasteiger partial charge in [0.15, 0.2) is 16.5 Å². The smallest absolute Gasteiger partial charge is 0.308 e. The average molecular weight is 405 g/mol. The summed E-state index contributed by atoms with van der Waals surface area (Å²) in [6.45, 7) is 4.44. The SMILES string of the molecule is CC(=O)OCc1c(Cn2cnc3c(Cl)nc(N)nc32)cnc(C)c1OC(C)=O. The lowest BCUT2D eigenvalue weighted by atomic mass is 10.1. The molecule has 28 heavy (non-hydrogen) atoms. The van der Waals surface area contributed by atoms with E-state index in [-0.39, 0.29) is 30.0 Å². The predicted octanol–water partition coefficient (Wildman–Crippen LogP) is 1.80.